The Balaban J connectivity index is 2.69. The number of hydrogen-bond acceptors (Lipinski definition) is 2. The van der Waals surface area contributed by atoms with Gasteiger partial charge in [0.05, 0.1) is 22.8 Å². The maximum atomic E-state index is 13.6. The summed E-state index contributed by atoms with van der Waals surface area (Å²) in [4.78, 5) is 0. The van der Waals surface area contributed by atoms with Gasteiger partial charge in [-0.3, -0.25) is 0 Å². The Morgan fingerprint density at radius 1 is 1.47 bits per heavy atom. The number of para-hydroxylation sites is 1. The van der Waals surface area contributed by atoms with Crippen LogP contribution in [-0.4, -0.2) is 9.78 Å². The Morgan fingerprint density at radius 3 is 2.76 bits per heavy atom. The molecule has 1 heterocycles. The molecule has 2 rings (SSSR count). The van der Waals surface area contributed by atoms with Gasteiger partial charge in [-0.1, -0.05) is 12.1 Å². The molecule has 17 heavy (non-hydrogen) atoms. The van der Waals surface area contributed by atoms with Crippen molar-refractivity contribution in [2.45, 2.75) is 12.8 Å². The summed E-state index contributed by atoms with van der Waals surface area (Å²) < 4.78 is 15.0. The van der Waals surface area contributed by atoms with Gasteiger partial charge in [-0.15, -0.1) is 11.6 Å². The molecule has 0 atom stereocenters. The largest absolute Gasteiger partial charge is 0.232 e. The summed E-state index contributed by atoms with van der Waals surface area (Å²) in [5, 5.41) is 13.2. The average Bonchev–Trinajstić information content (AvgIpc) is 2.65. The van der Waals surface area contributed by atoms with Gasteiger partial charge in [0.2, 0.25) is 0 Å². The first kappa shape index (κ1) is 11.6. The molecular formula is C12H9ClFN3. The summed E-state index contributed by atoms with van der Waals surface area (Å²) in [7, 11) is 0. The van der Waals surface area contributed by atoms with Crippen molar-refractivity contribution in [2.75, 3.05) is 0 Å². The molecule has 0 aliphatic heterocycles. The van der Waals surface area contributed by atoms with E-state index in [9.17, 15) is 4.39 Å². The van der Waals surface area contributed by atoms with Crippen LogP contribution in [0.25, 0.3) is 5.69 Å². The molecule has 5 heteroatoms. The first-order chi connectivity index (χ1) is 8.19. The molecule has 0 amide bonds. The third-order valence-corrected chi connectivity index (χ3v) is 2.73. The van der Waals surface area contributed by atoms with Gasteiger partial charge in [-0.2, -0.15) is 10.4 Å². The van der Waals surface area contributed by atoms with Gasteiger partial charge >= 0.3 is 0 Å². The lowest BCUT2D eigenvalue weighted by molar-refractivity contribution is 0.607. The van der Waals surface area contributed by atoms with E-state index in [1.165, 1.54) is 10.7 Å². The molecule has 0 unspecified atom stereocenters. The minimum atomic E-state index is -0.397. The highest BCUT2D eigenvalue weighted by Gasteiger charge is 2.16. The summed E-state index contributed by atoms with van der Waals surface area (Å²) in [6.45, 7) is 1.70. The number of nitrogens with zero attached hydrogens (tertiary/aromatic N) is 3. The van der Waals surface area contributed by atoms with Crippen molar-refractivity contribution in [2.24, 2.45) is 0 Å². The summed E-state index contributed by atoms with van der Waals surface area (Å²) in [6.07, 6.45) is 0. The Bertz CT molecular complexity index is 598. The van der Waals surface area contributed by atoms with Crippen molar-refractivity contribution in [3.05, 3.63) is 47.0 Å². The second kappa shape index (κ2) is 4.56. The molecule has 1 aromatic heterocycles. The third-order valence-electron chi connectivity index (χ3n) is 2.48. The fraction of sp³-hybridized carbons (Fsp3) is 0.167. The number of halogens is 2. The monoisotopic (exact) mass is 249 g/mol. The van der Waals surface area contributed by atoms with E-state index in [4.69, 9.17) is 16.9 Å². The molecule has 0 radical (unpaired) electrons. The lowest BCUT2D eigenvalue weighted by Gasteiger charge is -2.06. The van der Waals surface area contributed by atoms with Crippen molar-refractivity contribution in [1.29, 1.82) is 5.26 Å². The maximum Gasteiger partial charge on any atom is 0.148 e. The van der Waals surface area contributed by atoms with E-state index in [1.807, 2.05) is 6.07 Å². The fourth-order valence-corrected chi connectivity index (χ4v) is 1.91. The zero-order valence-corrected chi connectivity index (χ0v) is 9.87. The van der Waals surface area contributed by atoms with E-state index < -0.39 is 5.82 Å². The van der Waals surface area contributed by atoms with Crippen LogP contribution in [-0.2, 0) is 5.88 Å². The number of alkyl halides is 1. The molecule has 0 bridgehead atoms. The molecule has 0 saturated carbocycles. The Kier molecular flexibility index (Phi) is 3.12. The number of nitriles is 1. The number of hydrogen-bond donors (Lipinski definition) is 0. The number of rotatable bonds is 2. The van der Waals surface area contributed by atoms with E-state index in [2.05, 4.69) is 5.10 Å². The van der Waals surface area contributed by atoms with Gasteiger partial charge < -0.3 is 0 Å². The van der Waals surface area contributed by atoms with Crippen LogP contribution < -0.4 is 0 Å². The molecule has 1 aromatic carbocycles. The molecule has 0 fully saturated rings. The van der Waals surface area contributed by atoms with Crippen molar-refractivity contribution in [1.82, 2.24) is 9.78 Å². The topological polar surface area (TPSA) is 41.6 Å². The number of benzene rings is 1. The highest BCUT2D eigenvalue weighted by atomic mass is 35.5. The van der Waals surface area contributed by atoms with Crippen LogP contribution in [0.4, 0.5) is 4.39 Å². The minimum Gasteiger partial charge on any atom is -0.232 e. The van der Waals surface area contributed by atoms with E-state index in [0.717, 1.165) is 0 Å². The molecule has 0 saturated heterocycles. The van der Waals surface area contributed by atoms with Gasteiger partial charge in [0.25, 0.3) is 0 Å². The van der Waals surface area contributed by atoms with Crippen LogP contribution >= 0.6 is 11.6 Å². The highest BCUT2D eigenvalue weighted by Crippen LogP contribution is 2.21. The third kappa shape index (κ3) is 1.90. The van der Waals surface area contributed by atoms with Crippen molar-refractivity contribution >= 4 is 11.6 Å². The van der Waals surface area contributed by atoms with Crippen LogP contribution in [0.15, 0.2) is 24.3 Å². The molecular weight excluding hydrogens is 241 g/mol. The summed E-state index contributed by atoms with van der Waals surface area (Å²) >= 11 is 5.80. The molecule has 2 aromatic rings. The maximum absolute atomic E-state index is 13.6. The standard InChI is InChI=1S/C12H9ClFN3/c1-8-9(7-15)12(6-13)17(16-8)11-5-3-2-4-10(11)14/h2-5H,6H2,1H3. The van der Waals surface area contributed by atoms with Crippen LogP contribution in [0.1, 0.15) is 17.0 Å². The summed E-state index contributed by atoms with van der Waals surface area (Å²) in [6, 6.07) is 8.28. The van der Waals surface area contributed by atoms with E-state index in [1.54, 1.807) is 25.1 Å². The molecule has 0 spiro atoms. The quantitative estimate of drug-likeness (QED) is 0.768. The van der Waals surface area contributed by atoms with Crippen LogP contribution in [0.2, 0.25) is 0 Å². The van der Waals surface area contributed by atoms with Crippen LogP contribution in [0, 0.1) is 24.1 Å². The number of aromatic nitrogens is 2. The van der Waals surface area contributed by atoms with Gasteiger partial charge in [-0.05, 0) is 19.1 Å². The number of aryl methyl sites for hydroxylation is 1. The summed E-state index contributed by atoms with van der Waals surface area (Å²) in [5.74, 6) is -0.288. The molecule has 0 N–H and O–H groups in total. The van der Waals surface area contributed by atoms with Gasteiger partial charge in [0.15, 0.2) is 0 Å². The van der Waals surface area contributed by atoms with Crippen molar-refractivity contribution in [3.8, 4) is 11.8 Å². The van der Waals surface area contributed by atoms with Crippen molar-refractivity contribution < 1.29 is 4.39 Å². The second-order valence-electron chi connectivity index (χ2n) is 3.52. The highest BCUT2D eigenvalue weighted by molar-refractivity contribution is 6.17. The smallest absolute Gasteiger partial charge is 0.148 e. The predicted molar refractivity (Wildman–Crippen MR) is 62.5 cm³/mol. The predicted octanol–water partition coefficient (Wildman–Crippen LogP) is 2.93. The first-order valence-electron chi connectivity index (χ1n) is 4.98. The Labute approximate surface area is 103 Å². The molecule has 86 valence electrons. The zero-order valence-electron chi connectivity index (χ0n) is 9.11. The minimum absolute atomic E-state index is 0.109. The average molecular weight is 250 g/mol. The first-order valence-corrected chi connectivity index (χ1v) is 5.52. The Morgan fingerprint density at radius 2 is 2.18 bits per heavy atom. The van der Waals surface area contributed by atoms with Gasteiger partial charge in [0, 0.05) is 0 Å². The Hall–Kier alpha value is -1.86. The fourth-order valence-electron chi connectivity index (χ4n) is 1.67. The van der Waals surface area contributed by atoms with E-state index >= 15 is 0 Å². The van der Waals surface area contributed by atoms with Gasteiger partial charge in [0.1, 0.15) is 17.6 Å². The van der Waals surface area contributed by atoms with Crippen LogP contribution in [0.3, 0.4) is 0 Å². The lowest BCUT2D eigenvalue weighted by Crippen LogP contribution is -2.03. The van der Waals surface area contributed by atoms with Crippen LogP contribution in [0.5, 0.6) is 0 Å². The normalized spacial score (nSPS) is 10.2. The van der Waals surface area contributed by atoms with Crippen molar-refractivity contribution in [3.63, 3.8) is 0 Å². The van der Waals surface area contributed by atoms with Gasteiger partial charge in [-0.25, -0.2) is 9.07 Å². The van der Waals surface area contributed by atoms with E-state index in [-0.39, 0.29) is 5.88 Å². The lowest BCUT2D eigenvalue weighted by atomic mass is 10.2. The summed E-state index contributed by atoms with van der Waals surface area (Å²) in [5.41, 5.74) is 1.76. The zero-order chi connectivity index (χ0) is 12.4. The molecule has 3 nitrogen and oxygen atoms in total. The molecule has 0 aliphatic rings. The molecule has 0 aliphatic carbocycles. The van der Waals surface area contributed by atoms with E-state index in [0.29, 0.717) is 22.6 Å². The second-order valence-corrected chi connectivity index (χ2v) is 3.78. The SMILES string of the molecule is Cc1nn(-c2ccccc2F)c(CCl)c1C#N.